The molecule has 0 aliphatic heterocycles. The minimum Gasteiger partial charge on any atom is -0.468 e. The van der Waals surface area contributed by atoms with Gasteiger partial charge in [0.25, 0.3) is 0 Å². The van der Waals surface area contributed by atoms with Crippen molar-refractivity contribution in [3.63, 3.8) is 0 Å². The Balaban J connectivity index is 2.57. The largest absolute Gasteiger partial charge is 0.468 e. The summed E-state index contributed by atoms with van der Waals surface area (Å²) in [5.41, 5.74) is 11.2. The monoisotopic (exact) mass is 277 g/mol. The molecule has 0 saturated carbocycles. The van der Waals surface area contributed by atoms with Crippen molar-refractivity contribution in [3.8, 4) is 0 Å². The fourth-order valence-corrected chi connectivity index (χ4v) is 2.79. The van der Waals surface area contributed by atoms with Crippen molar-refractivity contribution >= 4 is 5.97 Å². The van der Waals surface area contributed by atoms with Gasteiger partial charge in [0.1, 0.15) is 6.04 Å². The molecule has 0 radical (unpaired) electrons. The van der Waals surface area contributed by atoms with Gasteiger partial charge in [-0.1, -0.05) is 24.6 Å². The van der Waals surface area contributed by atoms with E-state index in [-0.39, 0.29) is 5.97 Å². The quantitative estimate of drug-likeness (QED) is 0.813. The maximum Gasteiger partial charge on any atom is 0.322 e. The molecule has 0 aliphatic carbocycles. The Morgan fingerprint density at radius 3 is 2.30 bits per heavy atom. The molecule has 0 amide bonds. The fraction of sp³-hybridized carbons (Fsp3) is 0.588. The normalized spacial score (nSPS) is 13.9. The molecular formula is C17H27NO2. The second-order valence-corrected chi connectivity index (χ2v) is 5.89. The number of hydrogen-bond donors (Lipinski definition) is 1. The highest BCUT2D eigenvalue weighted by atomic mass is 16.5. The zero-order valence-corrected chi connectivity index (χ0v) is 13.3. The van der Waals surface area contributed by atoms with Crippen molar-refractivity contribution in [2.45, 2.75) is 53.0 Å². The first-order valence-corrected chi connectivity index (χ1v) is 7.25. The van der Waals surface area contributed by atoms with Crippen LogP contribution in [0.5, 0.6) is 0 Å². The number of rotatable bonds is 6. The minimum atomic E-state index is -0.504. The molecule has 0 saturated heterocycles. The van der Waals surface area contributed by atoms with E-state index in [0.717, 1.165) is 12.8 Å². The molecule has 0 bridgehead atoms. The van der Waals surface area contributed by atoms with E-state index >= 15 is 0 Å². The van der Waals surface area contributed by atoms with Crippen LogP contribution in [0.3, 0.4) is 0 Å². The zero-order chi connectivity index (χ0) is 15.3. The molecular weight excluding hydrogens is 250 g/mol. The molecule has 3 heteroatoms. The van der Waals surface area contributed by atoms with E-state index in [1.807, 2.05) is 0 Å². The van der Waals surface area contributed by atoms with Crippen LogP contribution in [0.4, 0.5) is 0 Å². The summed E-state index contributed by atoms with van der Waals surface area (Å²) in [7, 11) is 1.38. The number of carbonyl (C=O) groups is 1. The third-order valence-electron chi connectivity index (χ3n) is 3.89. The van der Waals surface area contributed by atoms with E-state index in [1.165, 1.54) is 29.4 Å². The number of methoxy groups -OCH3 is 1. The van der Waals surface area contributed by atoms with Gasteiger partial charge in [0.2, 0.25) is 0 Å². The molecule has 1 aromatic rings. The van der Waals surface area contributed by atoms with Gasteiger partial charge in [-0.25, -0.2) is 0 Å². The van der Waals surface area contributed by atoms with Gasteiger partial charge in [0.15, 0.2) is 0 Å². The van der Waals surface area contributed by atoms with Crippen molar-refractivity contribution in [3.05, 3.63) is 34.4 Å². The van der Waals surface area contributed by atoms with Gasteiger partial charge in [0.05, 0.1) is 7.11 Å². The molecule has 0 aliphatic rings. The molecule has 2 unspecified atom stereocenters. The summed E-state index contributed by atoms with van der Waals surface area (Å²) in [4.78, 5) is 11.3. The Labute approximate surface area is 122 Å². The van der Waals surface area contributed by atoms with Crippen LogP contribution in [0.15, 0.2) is 12.1 Å². The Morgan fingerprint density at radius 2 is 1.80 bits per heavy atom. The van der Waals surface area contributed by atoms with Crippen LogP contribution < -0.4 is 5.73 Å². The van der Waals surface area contributed by atoms with Gasteiger partial charge >= 0.3 is 5.97 Å². The van der Waals surface area contributed by atoms with Crippen molar-refractivity contribution in [1.82, 2.24) is 0 Å². The standard InChI is InChI=1S/C17H27NO2/c1-11(10-16(18)17(19)20-5)6-7-15-13(3)8-12(2)9-14(15)4/h8-9,11,16H,6-7,10,18H2,1-5H3. The molecule has 20 heavy (non-hydrogen) atoms. The van der Waals surface area contributed by atoms with E-state index in [1.54, 1.807) is 0 Å². The number of hydrogen-bond acceptors (Lipinski definition) is 3. The Kier molecular flexibility index (Phi) is 6.21. The number of benzene rings is 1. The Bertz CT molecular complexity index is 445. The van der Waals surface area contributed by atoms with E-state index in [9.17, 15) is 4.79 Å². The van der Waals surface area contributed by atoms with Crippen LogP contribution in [-0.4, -0.2) is 19.1 Å². The average Bonchev–Trinajstić information content (AvgIpc) is 2.36. The van der Waals surface area contributed by atoms with Crippen molar-refractivity contribution in [1.29, 1.82) is 0 Å². The highest BCUT2D eigenvalue weighted by Crippen LogP contribution is 2.21. The molecule has 3 nitrogen and oxygen atoms in total. The van der Waals surface area contributed by atoms with Crippen molar-refractivity contribution < 1.29 is 9.53 Å². The lowest BCUT2D eigenvalue weighted by Crippen LogP contribution is -2.33. The van der Waals surface area contributed by atoms with Crippen LogP contribution in [0.1, 0.15) is 42.0 Å². The maximum atomic E-state index is 11.3. The van der Waals surface area contributed by atoms with Gasteiger partial charge in [-0.2, -0.15) is 0 Å². The van der Waals surface area contributed by atoms with Gasteiger partial charge in [-0.3, -0.25) is 4.79 Å². The SMILES string of the molecule is COC(=O)C(N)CC(C)CCc1c(C)cc(C)cc1C. The van der Waals surface area contributed by atoms with Gasteiger partial charge in [-0.05, 0) is 62.6 Å². The Morgan fingerprint density at radius 1 is 1.25 bits per heavy atom. The van der Waals surface area contributed by atoms with Gasteiger partial charge in [0, 0.05) is 0 Å². The predicted molar refractivity (Wildman–Crippen MR) is 82.7 cm³/mol. The molecule has 1 aromatic carbocycles. The molecule has 0 aromatic heterocycles. The molecule has 2 N–H and O–H groups in total. The molecule has 0 fully saturated rings. The lowest BCUT2D eigenvalue weighted by atomic mass is 9.90. The molecule has 1 rings (SSSR count). The first kappa shape index (κ1) is 16.7. The number of esters is 1. The second-order valence-electron chi connectivity index (χ2n) is 5.89. The minimum absolute atomic E-state index is 0.320. The molecule has 2 atom stereocenters. The molecule has 112 valence electrons. The van der Waals surface area contributed by atoms with Crippen LogP contribution in [0.25, 0.3) is 0 Å². The third kappa shape index (κ3) is 4.64. The predicted octanol–water partition coefficient (Wildman–Crippen LogP) is 3.07. The molecule has 0 spiro atoms. The van der Waals surface area contributed by atoms with Crippen molar-refractivity contribution in [2.75, 3.05) is 7.11 Å². The summed E-state index contributed by atoms with van der Waals surface area (Å²) in [6.45, 7) is 8.60. The first-order chi connectivity index (χ1) is 9.35. The summed E-state index contributed by atoms with van der Waals surface area (Å²) in [5, 5.41) is 0. The number of carbonyl (C=O) groups excluding carboxylic acids is 1. The summed E-state index contributed by atoms with van der Waals surface area (Å²) in [5.74, 6) is 0.0868. The average molecular weight is 277 g/mol. The van der Waals surface area contributed by atoms with Crippen LogP contribution >= 0.6 is 0 Å². The van der Waals surface area contributed by atoms with Gasteiger partial charge < -0.3 is 10.5 Å². The topological polar surface area (TPSA) is 52.3 Å². The highest BCUT2D eigenvalue weighted by Gasteiger charge is 2.17. The highest BCUT2D eigenvalue weighted by molar-refractivity contribution is 5.75. The van der Waals surface area contributed by atoms with Crippen LogP contribution in [0.2, 0.25) is 0 Å². The zero-order valence-electron chi connectivity index (χ0n) is 13.3. The first-order valence-electron chi connectivity index (χ1n) is 7.25. The number of ether oxygens (including phenoxy) is 1. The lowest BCUT2D eigenvalue weighted by Gasteiger charge is -2.17. The summed E-state index contributed by atoms with van der Waals surface area (Å²) in [6.07, 6.45) is 2.75. The number of nitrogens with two attached hydrogens (primary N) is 1. The van der Waals surface area contributed by atoms with Gasteiger partial charge in [-0.15, -0.1) is 0 Å². The smallest absolute Gasteiger partial charge is 0.322 e. The molecule has 0 heterocycles. The maximum absolute atomic E-state index is 11.3. The van der Waals surface area contributed by atoms with E-state index in [4.69, 9.17) is 5.73 Å². The fourth-order valence-electron chi connectivity index (χ4n) is 2.79. The van der Waals surface area contributed by atoms with Crippen LogP contribution in [-0.2, 0) is 16.0 Å². The Hall–Kier alpha value is -1.35. The lowest BCUT2D eigenvalue weighted by molar-refractivity contribution is -0.142. The van der Waals surface area contributed by atoms with E-state index in [0.29, 0.717) is 12.3 Å². The summed E-state index contributed by atoms with van der Waals surface area (Å²) in [6, 6.07) is 3.95. The number of aryl methyl sites for hydroxylation is 3. The van der Waals surface area contributed by atoms with Crippen molar-refractivity contribution in [2.24, 2.45) is 11.7 Å². The third-order valence-corrected chi connectivity index (χ3v) is 3.89. The van der Waals surface area contributed by atoms with Crippen LogP contribution in [0, 0.1) is 26.7 Å². The van der Waals surface area contributed by atoms with E-state index < -0.39 is 6.04 Å². The van der Waals surface area contributed by atoms with E-state index in [2.05, 4.69) is 44.6 Å². The second kappa shape index (κ2) is 7.44. The summed E-state index contributed by atoms with van der Waals surface area (Å²) >= 11 is 0. The summed E-state index contributed by atoms with van der Waals surface area (Å²) < 4.78 is 4.66.